The molecule has 26 heavy (non-hydrogen) atoms. The lowest BCUT2D eigenvalue weighted by Gasteiger charge is -2.39. The van der Waals surface area contributed by atoms with Gasteiger partial charge in [0.1, 0.15) is 23.7 Å². The summed E-state index contributed by atoms with van der Waals surface area (Å²) in [5.74, 6) is -2.61. The molecule has 8 nitrogen and oxygen atoms in total. The van der Waals surface area contributed by atoms with E-state index in [4.69, 9.17) is 0 Å². The van der Waals surface area contributed by atoms with Crippen molar-refractivity contribution in [2.24, 2.45) is 0 Å². The minimum absolute atomic E-state index is 0.00199. The number of carbonyl (C=O) groups excluding carboxylic acids is 2. The molecule has 2 aliphatic carbocycles. The number of aromatic hydroxyl groups is 2. The van der Waals surface area contributed by atoms with E-state index >= 15 is 0 Å². The van der Waals surface area contributed by atoms with Crippen molar-refractivity contribution in [1.82, 2.24) is 5.32 Å². The maximum Gasteiger partial charge on any atom is 0.213 e. The predicted octanol–water partition coefficient (Wildman–Crippen LogP) is 0.0617. The second-order valence-electron chi connectivity index (χ2n) is 6.94. The second-order valence-corrected chi connectivity index (χ2v) is 6.94. The van der Waals surface area contributed by atoms with E-state index in [1.807, 2.05) is 6.92 Å². The van der Waals surface area contributed by atoms with E-state index < -0.39 is 46.4 Å². The van der Waals surface area contributed by atoms with Crippen LogP contribution in [-0.2, 0) is 6.42 Å². The molecule has 0 heterocycles. The Morgan fingerprint density at radius 1 is 1.19 bits per heavy atom. The smallest absolute Gasteiger partial charge is 0.213 e. The average molecular weight is 363 g/mol. The maximum atomic E-state index is 12.7. The van der Waals surface area contributed by atoms with Gasteiger partial charge in [-0.25, -0.2) is 0 Å². The van der Waals surface area contributed by atoms with Crippen LogP contribution < -0.4 is 5.32 Å². The molecule has 2 aliphatic rings. The Morgan fingerprint density at radius 2 is 1.85 bits per heavy atom. The Balaban J connectivity index is 2.24. The number of benzene rings is 1. The van der Waals surface area contributed by atoms with Gasteiger partial charge >= 0.3 is 0 Å². The molecule has 0 saturated heterocycles. The van der Waals surface area contributed by atoms with Crippen molar-refractivity contribution in [3.63, 3.8) is 0 Å². The van der Waals surface area contributed by atoms with Crippen molar-refractivity contribution in [1.29, 1.82) is 0 Å². The average Bonchev–Trinajstić information content (AvgIpc) is 2.57. The number of aliphatic hydroxyl groups is 3. The van der Waals surface area contributed by atoms with Crippen LogP contribution in [0.1, 0.15) is 58.2 Å². The number of carbonyl (C=O) groups is 2. The topological polar surface area (TPSA) is 147 Å². The van der Waals surface area contributed by atoms with Gasteiger partial charge in [-0.3, -0.25) is 9.59 Å². The third kappa shape index (κ3) is 2.49. The minimum atomic E-state index is -1.79. The molecule has 0 aliphatic heterocycles. The Bertz CT molecular complexity index is 841. The molecule has 6 N–H and O–H groups in total. The number of aliphatic hydroxyl groups excluding tert-OH is 2. The first-order valence-corrected chi connectivity index (χ1v) is 8.35. The van der Waals surface area contributed by atoms with Crippen LogP contribution in [0.2, 0.25) is 0 Å². The van der Waals surface area contributed by atoms with Crippen LogP contribution >= 0.6 is 0 Å². The number of phenols is 2. The van der Waals surface area contributed by atoms with Crippen molar-refractivity contribution in [2.75, 3.05) is 6.54 Å². The molecule has 1 aromatic carbocycles. The summed E-state index contributed by atoms with van der Waals surface area (Å²) in [4.78, 5) is 25.2. The fourth-order valence-electron chi connectivity index (χ4n) is 3.51. The van der Waals surface area contributed by atoms with E-state index in [1.165, 1.54) is 6.92 Å². The summed E-state index contributed by atoms with van der Waals surface area (Å²) in [5, 5.41) is 54.6. The van der Waals surface area contributed by atoms with Crippen LogP contribution in [0.4, 0.5) is 0 Å². The standard InChI is InChI=1S/C18H21NO7/c1-3-4-19-8-5-9(20)11-12(14(8)22)13(21)7-6-18(2,26)17(25)16(24)10(7)15(11)23/h5,16-17,19,21,23-26H,3-4,6H2,1-2H3/t16-,17+,18-/m0/s1. The molecule has 3 rings (SSSR count). The second kappa shape index (κ2) is 6.08. The van der Waals surface area contributed by atoms with Crippen LogP contribution in [-0.4, -0.2) is 55.3 Å². The third-order valence-corrected chi connectivity index (χ3v) is 4.92. The summed E-state index contributed by atoms with van der Waals surface area (Å²) in [6.07, 6.45) is -1.93. The van der Waals surface area contributed by atoms with Crippen LogP contribution in [0.5, 0.6) is 11.5 Å². The van der Waals surface area contributed by atoms with Crippen molar-refractivity contribution in [3.05, 3.63) is 34.0 Å². The highest BCUT2D eigenvalue weighted by atomic mass is 16.4. The van der Waals surface area contributed by atoms with Crippen LogP contribution in [0.3, 0.4) is 0 Å². The lowest BCUT2D eigenvalue weighted by atomic mass is 9.73. The summed E-state index contributed by atoms with van der Waals surface area (Å²) in [5.41, 5.74) is -2.89. The molecule has 0 unspecified atom stereocenters. The summed E-state index contributed by atoms with van der Waals surface area (Å²) in [6, 6.07) is 0. The molecule has 8 heteroatoms. The van der Waals surface area contributed by atoms with Gasteiger partial charge in [0.15, 0.2) is 5.78 Å². The number of hydrogen-bond donors (Lipinski definition) is 6. The lowest BCUT2D eigenvalue weighted by molar-refractivity contribution is -0.126. The summed E-state index contributed by atoms with van der Waals surface area (Å²) >= 11 is 0. The van der Waals surface area contributed by atoms with Gasteiger partial charge < -0.3 is 30.8 Å². The Labute approximate surface area is 149 Å². The van der Waals surface area contributed by atoms with Gasteiger partial charge in [0, 0.05) is 30.2 Å². The van der Waals surface area contributed by atoms with E-state index in [-0.39, 0.29) is 28.8 Å². The Hall–Kier alpha value is -2.42. The summed E-state index contributed by atoms with van der Waals surface area (Å²) in [6.45, 7) is 3.59. The van der Waals surface area contributed by atoms with Crippen LogP contribution in [0.15, 0.2) is 11.8 Å². The fourth-order valence-corrected chi connectivity index (χ4v) is 3.51. The summed E-state index contributed by atoms with van der Waals surface area (Å²) in [7, 11) is 0. The predicted molar refractivity (Wildman–Crippen MR) is 90.1 cm³/mol. The van der Waals surface area contributed by atoms with E-state index in [9.17, 15) is 35.1 Å². The molecule has 0 bridgehead atoms. The van der Waals surface area contributed by atoms with Gasteiger partial charge in [0.2, 0.25) is 5.78 Å². The fraction of sp³-hybridized carbons (Fsp3) is 0.444. The van der Waals surface area contributed by atoms with Crippen molar-refractivity contribution in [2.45, 2.75) is 44.5 Å². The molecule has 0 aromatic heterocycles. The highest BCUT2D eigenvalue weighted by Crippen LogP contribution is 2.49. The first-order valence-electron chi connectivity index (χ1n) is 8.35. The molecule has 0 spiro atoms. The van der Waals surface area contributed by atoms with Gasteiger partial charge in [-0.05, 0) is 13.3 Å². The van der Waals surface area contributed by atoms with Gasteiger partial charge in [-0.15, -0.1) is 0 Å². The number of fused-ring (bicyclic) bond motifs is 2. The van der Waals surface area contributed by atoms with E-state index in [2.05, 4.69) is 5.32 Å². The van der Waals surface area contributed by atoms with E-state index in [0.29, 0.717) is 13.0 Å². The van der Waals surface area contributed by atoms with E-state index in [0.717, 1.165) is 6.08 Å². The Morgan fingerprint density at radius 3 is 2.46 bits per heavy atom. The number of phenolic OH excluding ortho intramolecular Hbond substituents is 2. The molecule has 0 radical (unpaired) electrons. The zero-order chi connectivity index (χ0) is 19.4. The molecule has 140 valence electrons. The molecule has 3 atom stereocenters. The molecule has 0 amide bonds. The van der Waals surface area contributed by atoms with Crippen molar-refractivity contribution in [3.8, 4) is 11.5 Å². The van der Waals surface area contributed by atoms with Crippen LogP contribution in [0, 0.1) is 0 Å². The SMILES string of the molecule is CCCNC1=CC(=O)c2c(O)c3c(c(O)c2C1=O)C[C@](C)(O)[C@H](O)[C@H]3O. The van der Waals surface area contributed by atoms with Crippen LogP contribution in [0.25, 0.3) is 0 Å². The monoisotopic (exact) mass is 363 g/mol. The summed E-state index contributed by atoms with van der Waals surface area (Å²) < 4.78 is 0. The number of allylic oxidation sites excluding steroid dienone is 2. The number of ketones is 2. The maximum absolute atomic E-state index is 12.7. The highest BCUT2D eigenvalue weighted by Gasteiger charge is 2.47. The van der Waals surface area contributed by atoms with Gasteiger partial charge in [0.05, 0.1) is 22.4 Å². The van der Waals surface area contributed by atoms with Gasteiger partial charge in [0.25, 0.3) is 0 Å². The largest absolute Gasteiger partial charge is 0.507 e. The molecule has 0 fully saturated rings. The van der Waals surface area contributed by atoms with Crippen molar-refractivity contribution < 1.29 is 35.1 Å². The first kappa shape index (κ1) is 18.4. The van der Waals surface area contributed by atoms with Gasteiger partial charge in [-0.1, -0.05) is 6.92 Å². The number of hydrogen-bond acceptors (Lipinski definition) is 8. The molecule has 1 aromatic rings. The number of rotatable bonds is 3. The quantitative estimate of drug-likeness (QED) is 0.413. The molecular formula is C18H21NO7. The number of nitrogens with one attached hydrogen (secondary N) is 1. The van der Waals surface area contributed by atoms with E-state index in [1.54, 1.807) is 0 Å². The third-order valence-electron chi connectivity index (χ3n) is 4.92. The normalized spacial score (nSPS) is 27.7. The van der Waals surface area contributed by atoms with Crippen molar-refractivity contribution >= 4 is 11.6 Å². The lowest BCUT2D eigenvalue weighted by Crippen LogP contribution is -2.48. The highest BCUT2D eigenvalue weighted by molar-refractivity contribution is 6.26. The first-order chi connectivity index (χ1) is 12.1. The Kier molecular flexibility index (Phi) is 4.30. The zero-order valence-corrected chi connectivity index (χ0v) is 14.4. The minimum Gasteiger partial charge on any atom is -0.507 e. The zero-order valence-electron chi connectivity index (χ0n) is 14.4. The molecule has 0 saturated carbocycles. The van der Waals surface area contributed by atoms with Gasteiger partial charge in [-0.2, -0.15) is 0 Å². The molecular weight excluding hydrogens is 342 g/mol. The number of Topliss-reactive ketones (excluding diaryl/α,β-unsaturated/α-hetero) is 1.